The van der Waals surface area contributed by atoms with Gasteiger partial charge < -0.3 is 0 Å². The zero-order valence-electron chi connectivity index (χ0n) is 5.32. The van der Waals surface area contributed by atoms with E-state index in [2.05, 4.69) is 9.97 Å². The SMILES string of the molecule is FCCc1n[c]([SnH3])c[nH]1. The van der Waals surface area contributed by atoms with Crippen LogP contribution in [0.5, 0.6) is 0 Å². The number of halogens is 1. The van der Waals surface area contributed by atoms with E-state index < -0.39 is 0 Å². The van der Waals surface area contributed by atoms with Crippen molar-refractivity contribution in [2.24, 2.45) is 0 Å². The average molecular weight is 235 g/mol. The predicted octanol–water partition coefficient (Wildman–Crippen LogP) is -1.09. The van der Waals surface area contributed by atoms with Crippen molar-refractivity contribution in [3.8, 4) is 0 Å². The average Bonchev–Trinajstić information content (AvgIpc) is 2.17. The molecular weight excluding hydrogens is 226 g/mol. The molecule has 0 saturated carbocycles. The van der Waals surface area contributed by atoms with Crippen LogP contribution < -0.4 is 3.71 Å². The van der Waals surface area contributed by atoms with Crippen LogP contribution in [-0.2, 0) is 6.42 Å². The number of aryl methyl sites for hydroxylation is 1. The van der Waals surface area contributed by atoms with Crippen molar-refractivity contribution >= 4 is 26.2 Å². The van der Waals surface area contributed by atoms with Crippen molar-refractivity contribution in [1.29, 1.82) is 0 Å². The summed E-state index contributed by atoms with van der Waals surface area (Å²) in [6.07, 6.45) is 2.29. The maximum absolute atomic E-state index is 11.6. The van der Waals surface area contributed by atoms with Crippen LogP contribution in [0.4, 0.5) is 4.39 Å². The Morgan fingerprint density at radius 3 is 3.00 bits per heavy atom. The molecule has 1 rings (SSSR count). The second-order valence-corrected chi connectivity index (χ2v) is 4.85. The molecule has 9 heavy (non-hydrogen) atoms. The Morgan fingerprint density at radius 2 is 2.56 bits per heavy atom. The zero-order chi connectivity index (χ0) is 6.69. The Kier molecular flexibility index (Phi) is 2.50. The second kappa shape index (κ2) is 3.19. The Morgan fingerprint density at radius 1 is 1.78 bits per heavy atom. The number of nitrogens with one attached hydrogen (secondary N) is 1. The molecule has 1 aromatic rings. The van der Waals surface area contributed by atoms with Crippen LogP contribution in [0, 0.1) is 0 Å². The van der Waals surface area contributed by atoms with Gasteiger partial charge in [-0.1, -0.05) is 0 Å². The molecule has 1 aromatic heterocycles. The van der Waals surface area contributed by atoms with E-state index in [1.165, 1.54) is 0 Å². The number of hydrogen-bond donors (Lipinski definition) is 1. The molecule has 0 aliphatic rings. The van der Waals surface area contributed by atoms with E-state index >= 15 is 0 Å². The summed E-state index contributed by atoms with van der Waals surface area (Å²) in [4.78, 5) is 7.01. The fourth-order valence-electron chi connectivity index (χ4n) is 0.683. The first-order valence-electron chi connectivity index (χ1n) is 2.90. The molecule has 0 fully saturated rings. The van der Waals surface area contributed by atoms with E-state index in [1.807, 2.05) is 6.20 Å². The standard InChI is InChI=1S/C5H6FN2.Sn.3H/c6-2-1-5-7-3-4-8-5;;;;/h3H,1-2H2,(H,7,8);;;;. The normalized spacial score (nSPS) is 10.3. The van der Waals surface area contributed by atoms with Crippen LogP contribution in [0.15, 0.2) is 6.20 Å². The third-order valence-electron chi connectivity index (χ3n) is 1.09. The van der Waals surface area contributed by atoms with Crippen LogP contribution in [0.25, 0.3) is 0 Å². The van der Waals surface area contributed by atoms with Crippen molar-refractivity contribution in [1.82, 2.24) is 9.97 Å². The van der Waals surface area contributed by atoms with Crippen molar-refractivity contribution in [3.63, 3.8) is 0 Å². The Balaban J connectivity index is 2.61. The van der Waals surface area contributed by atoms with E-state index in [-0.39, 0.29) is 6.67 Å². The minimum absolute atomic E-state index is 0.317. The van der Waals surface area contributed by atoms with Crippen molar-refractivity contribution < 1.29 is 4.39 Å². The van der Waals surface area contributed by atoms with Crippen LogP contribution in [0.2, 0.25) is 0 Å². The molecule has 0 aliphatic carbocycles. The van der Waals surface area contributed by atoms with E-state index in [0.29, 0.717) is 28.9 Å². The van der Waals surface area contributed by atoms with Crippen LogP contribution in [0.3, 0.4) is 0 Å². The number of aromatic amines is 1. The number of rotatable bonds is 2. The first-order chi connectivity index (χ1) is 4.33. The monoisotopic (exact) mass is 236 g/mol. The van der Waals surface area contributed by atoms with Gasteiger partial charge in [0.25, 0.3) is 0 Å². The summed E-state index contributed by atoms with van der Waals surface area (Å²) in [5.74, 6) is 0.784. The van der Waals surface area contributed by atoms with Gasteiger partial charge in [-0.15, -0.1) is 0 Å². The van der Waals surface area contributed by atoms with E-state index in [4.69, 9.17) is 0 Å². The molecule has 2 nitrogen and oxygen atoms in total. The Bertz CT molecular complexity index is 187. The molecule has 1 heterocycles. The summed E-state index contributed by atoms with van der Waals surface area (Å²) in [7, 11) is 0. The molecule has 0 aromatic carbocycles. The molecule has 0 saturated heterocycles. The topological polar surface area (TPSA) is 28.7 Å². The van der Waals surface area contributed by atoms with E-state index in [0.717, 1.165) is 9.53 Å². The number of aromatic nitrogens is 2. The van der Waals surface area contributed by atoms with Crippen molar-refractivity contribution in [2.45, 2.75) is 6.42 Å². The summed E-state index contributed by atoms with van der Waals surface area (Å²) in [5, 5.41) is 0. The number of nitrogens with zero attached hydrogens (tertiary/aromatic N) is 1. The third kappa shape index (κ3) is 1.96. The number of H-pyrrole nitrogens is 1. The van der Waals surface area contributed by atoms with Crippen molar-refractivity contribution in [3.05, 3.63) is 12.0 Å². The molecule has 50 valence electrons. The number of hydrogen-bond acceptors (Lipinski definition) is 1. The summed E-state index contributed by atoms with van der Waals surface area (Å²) in [6.45, 7) is -0.317. The first-order valence-corrected chi connectivity index (χ1v) is 5.75. The molecular formula is C5H9FN2Sn. The van der Waals surface area contributed by atoms with Gasteiger partial charge in [0.2, 0.25) is 0 Å². The van der Waals surface area contributed by atoms with Gasteiger partial charge >= 0.3 is 65.7 Å². The van der Waals surface area contributed by atoms with Crippen LogP contribution in [-0.4, -0.2) is 39.2 Å². The predicted molar refractivity (Wildman–Crippen MR) is 37.8 cm³/mol. The minimum atomic E-state index is -0.317. The van der Waals surface area contributed by atoms with Gasteiger partial charge in [0.05, 0.1) is 0 Å². The van der Waals surface area contributed by atoms with Crippen LogP contribution in [0.1, 0.15) is 5.82 Å². The molecule has 4 heteroatoms. The number of alkyl halides is 1. The number of imidazole rings is 1. The van der Waals surface area contributed by atoms with Gasteiger partial charge in [-0.3, -0.25) is 0 Å². The van der Waals surface area contributed by atoms with Gasteiger partial charge in [0.15, 0.2) is 0 Å². The summed E-state index contributed by atoms with van der Waals surface area (Å²) >= 11 is 0.458. The first kappa shape index (κ1) is 7.05. The molecule has 0 amide bonds. The summed E-state index contributed by atoms with van der Waals surface area (Å²) < 4.78 is 12.8. The quantitative estimate of drug-likeness (QED) is 0.648. The second-order valence-electron chi connectivity index (χ2n) is 1.93. The van der Waals surface area contributed by atoms with Crippen LogP contribution >= 0.6 is 0 Å². The van der Waals surface area contributed by atoms with Gasteiger partial charge in [-0.2, -0.15) is 0 Å². The Labute approximate surface area is 66.0 Å². The van der Waals surface area contributed by atoms with Gasteiger partial charge in [-0.25, -0.2) is 0 Å². The molecule has 1 N–H and O–H groups in total. The Hall–Kier alpha value is -0.0613. The molecule has 0 radical (unpaired) electrons. The summed E-state index contributed by atoms with van der Waals surface area (Å²) in [5.41, 5.74) is 0. The maximum atomic E-state index is 11.6. The molecule has 0 bridgehead atoms. The zero-order valence-corrected chi connectivity index (χ0v) is 11.0. The fraction of sp³-hybridized carbons (Fsp3) is 0.400. The summed E-state index contributed by atoms with van der Waals surface area (Å²) in [6, 6.07) is 0. The molecule has 0 aliphatic heterocycles. The van der Waals surface area contributed by atoms with Gasteiger partial charge in [0.1, 0.15) is 0 Å². The van der Waals surface area contributed by atoms with Gasteiger partial charge in [0, 0.05) is 0 Å². The molecule has 0 spiro atoms. The van der Waals surface area contributed by atoms with E-state index in [9.17, 15) is 4.39 Å². The van der Waals surface area contributed by atoms with E-state index in [1.54, 1.807) is 0 Å². The fourth-order valence-corrected chi connectivity index (χ4v) is 1.87. The molecule has 0 unspecified atom stereocenters. The van der Waals surface area contributed by atoms with Crippen molar-refractivity contribution in [2.75, 3.05) is 6.67 Å². The third-order valence-corrected chi connectivity index (χ3v) is 2.55. The molecule has 0 atom stereocenters. The van der Waals surface area contributed by atoms with Gasteiger partial charge in [-0.05, 0) is 0 Å².